The van der Waals surface area contributed by atoms with Gasteiger partial charge >= 0.3 is 38.7 Å². The van der Waals surface area contributed by atoms with Gasteiger partial charge in [-0.15, -0.1) is 0 Å². The second-order valence-electron chi connectivity index (χ2n) is 1.82. The molecule has 0 heterocycles. The molecular weight excluding hydrogens is 207 g/mol. The van der Waals surface area contributed by atoms with Crippen LogP contribution in [0.1, 0.15) is 0 Å². The standard InChI is InChI=1S/C6H6O3S2.Na.H/c7-11(8,9)10-6-4-2-1-3-5-6;;/h1-5H,(H,7,8,9);;. The van der Waals surface area contributed by atoms with E-state index >= 15 is 0 Å². The van der Waals surface area contributed by atoms with Crippen molar-refractivity contribution in [3.63, 3.8) is 0 Å². The van der Waals surface area contributed by atoms with Crippen LogP contribution in [0.2, 0.25) is 0 Å². The Morgan fingerprint density at radius 2 is 1.67 bits per heavy atom. The summed E-state index contributed by atoms with van der Waals surface area (Å²) in [5.41, 5.74) is 0. The topological polar surface area (TPSA) is 54.4 Å². The fraction of sp³-hybridized carbons (Fsp3) is 0. The van der Waals surface area contributed by atoms with Gasteiger partial charge in [0, 0.05) is 15.7 Å². The van der Waals surface area contributed by atoms with Crippen LogP contribution in [0.15, 0.2) is 35.2 Å². The molecule has 1 aromatic rings. The Labute approximate surface area is 97.0 Å². The monoisotopic (exact) mass is 214 g/mol. The minimum absolute atomic E-state index is 0. The summed E-state index contributed by atoms with van der Waals surface area (Å²) in [4.78, 5) is 0.509. The van der Waals surface area contributed by atoms with Crippen LogP contribution in [-0.4, -0.2) is 42.5 Å². The fourth-order valence-electron chi connectivity index (χ4n) is 0.598. The molecule has 12 heavy (non-hydrogen) atoms. The summed E-state index contributed by atoms with van der Waals surface area (Å²) in [5.74, 6) is 0. The van der Waals surface area contributed by atoms with Crippen molar-refractivity contribution in [2.45, 2.75) is 4.90 Å². The molecule has 0 atom stereocenters. The molecule has 3 nitrogen and oxygen atoms in total. The van der Waals surface area contributed by atoms with E-state index in [0.29, 0.717) is 15.7 Å². The molecule has 0 saturated carbocycles. The van der Waals surface area contributed by atoms with Gasteiger partial charge in [-0.3, -0.25) is 4.55 Å². The third-order valence-corrected chi connectivity index (χ3v) is 2.83. The molecule has 0 aromatic heterocycles. The fourth-order valence-corrected chi connectivity index (χ4v) is 2.17. The van der Waals surface area contributed by atoms with Crippen LogP contribution in [-0.2, 0) is 9.15 Å². The quantitative estimate of drug-likeness (QED) is 0.452. The molecule has 0 aliphatic rings. The molecule has 0 radical (unpaired) electrons. The van der Waals surface area contributed by atoms with Gasteiger partial charge in [-0.25, -0.2) is 0 Å². The van der Waals surface area contributed by atoms with Crippen molar-refractivity contribution in [1.82, 2.24) is 0 Å². The summed E-state index contributed by atoms with van der Waals surface area (Å²) < 4.78 is 29.0. The van der Waals surface area contributed by atoms with Crippen LogP contribution >= 0.6 is 10.8 Å². The molecule has 0 bridgehead atoms. The number of benzene rings is 1. The Kier molecular flexibility index (Phi) is 5.47. The number of hydrogen-bond donors (Lipinski definition) is 1. The molecule has 0 saturated heterocycles. The Bertz CT molecular complexity index is 322. The van der Waals surface area contributed by atoms with Gasteiger partial charge in [0.15, 0.2) is 0 Å². The van der Waals surface area contributed by atoms with Gasteiger partial charge in [-0.05, 0) is 12.1 Å². The third kappa shape index (κ3) is 5.18. The molecule has 1 rings (SSSR count). The second kappa shape index (κ2) is 5.26. The van der Waals surface area contributed by atoms with E-state index in [0.717, 1.165) is 0 Å². The van der Waals surface area contributed by atoms with Crippen LogP contribution in [0.4, 0.5) is 0 Å². The molecule has 1 aromatic carbocycles. The van der Waals surface area contributed by atoms with Crippen LogP contribution in [0.25, 0.3) is 0 Å². The minimum atomic E-state index is -3.96. The van der Waals surface area contributed by atoms with Crippen LogP contribution in [0.5, 0.6) is 0 Å². The van der Waals surface area contributed by atoms with E-state index in [-0.39, 0.29) is 29.6 Å². The summed E-state index contributed by atoms with van der Waals surface area (Å²) in [6, 6.07) is 8.39. The maximum absolute atomic E-state index is 10.3. The van der Waals surface area contributed by atoms with E-state index in [4.69, 9.17) is 4.55 Å². The zero-order valence-corrected chi connectivity index (χ0v) is 7.10. The molecule has 1 N–H and O–H groups in total. The average Bonchev–Trinajstić information content (AvgIpc) is 1.85. The molecule has 0 fully saturated rings. The van der Waals surface area contributed by atoms with E-state index in [1.165, 1.54) is 0 Å². The van der Waals surface area contributed by atoms with E-state index in [1.807, 2.05) is 0 Å². The molecular formula is C6H7NaO3S2. The summed E-state index contributed by atoms with van der Waals surface area (Å²) in [5, 5.41) is 0. The number of rotatable bonds is 2. The van der Waals surface area contributed by atoms with Crippen LogP contribution in [0, 0.1) is 0 Å². The van der Waals surface area contributed by atoms with E-state index in [2.05, 4.69) is 0 Å². The Balaban J connectivity index is 0.00000121. The van der Waals surface area contributed by atoms with Gasteiger partial charge in [0.2, 0.25) is 0 Å². The van der Waals surface area contributed by atoms with E-state index in [9.17, 15) is 8.42 Å². The van der Waals surface area contributed by atoms with Crippen LogP contribution < -0.4 is 0 Å². The van der Waals surface area contributed by atoms with Crippen molar-refractivity contribution in [2.75, 3.05) is 0 Å². The zero-order valence-electron chi connectivity index (χ0n) is 5.47. The molecule has 6 heteroatoms. The molecule has 62 valence electrons. The molecule has 0 spiro atoms. The molecule has 0 unspecified atom stereocenters. The van der Waals surface area contributed by atoms with Crippen molar-refractivity contribution in [3.05, 3.63) is 30.3 Å². The first-order valence-electron chi connectivity index (χ1n) is 2.80. The summed E-state index contributed by atoms with van der Waals surface area (Å²) >= 11 is 0. The van der Waals surface area contributed by atoms with E-state index in [1.54, 1.807) is 30.3 Å². The van der Waals surface area contributed by atoms with Gasteiger partial charge < -0.3 is 0 Å². The van der Waals surface area contributed by atoms with Crippen molar-refractivity contribution >= 4 is 49.5 Å². The summed E-state index contributed by atoms with van der Waals surface area (Å²) in [7, 11) is -3.53. The van der Waals surface area contributed by atoms with Crippen molar-refractivity contribution in [2.24, 2.45) is 0 Å². The van der Waals surface area contributed by atoms with Gasteiger partial charge in [-0.1, -0.05) is 18.2 Å². The predicted octanol–water partition coefficient (Wildman–Crippen LogP) is 0.933. The van der Waals surface area contributed by atoms with Crippen LogP contribution in [0.3, 0.4) is 0 Å². The Hall–Kier alpha value is 0.480. The molecule has 0 aliphatic heterocycles. The average molecular weight is 214 g/mol. The first-order chi connectivity index (χ1) is 5.08. The van der Waals surface area contributed by atoms with Crippen molar-refractivity contribution in [1.29, 1.82) is 0 Å². The van der Waals surface area contributed by atoms with Gasteiger partial charge in [0.1, 0.15) is 0 Å². The first kappa shape index (κ1) is 12.5. The SMILES string of the molecule is O=S(=O)(O)Sc1ccccc1.[NaH]. The van der Waals surface area contributed by atoms with Crippen molar-refractivity contribution in [3.8, 4) is 0 Å². The predicted molar refractivity (Wildman–Crippen MR) is 51.0 cm³/mol. The zero-order chi connectivity index (χ0) is 8.32. The van der Waals surface area contributed by atoms with Crippen molar-refractivity contribution < 1.29 is 13.0 Å². The summed E-state index contributed by atoms with van der Waals surface area (Å²) in [6.45, 7) is 0. The first-order valence-corrected chi connectivity index (χ1v) is 5.57. The summed E-state index contributed by atoms with van der Waals surface area (Å²) in [6.07, 6.45) is 0. The number of hydrogen-bond acceptors (Lipinski definition) is 3. The maximum atomic E-state index is 10.3. The van der Waals surface area contributed by atoms with Gasteiger partial charge in [-0.2, -0.15) is 8.42 Å². The molecule has 0 aliphatic carbocycles. The molecule has 0 amide bonds. The van der Waals surface area contributed by atoms with E-state index < -0.39 is 9.15 Å². The van der Waals surface area contributed by atoms with Gasteiger partial charge in [0.25, 0.3) is 0 Å². The normalized spacial score (nSPS) is 10.4. The second-order valence-corrected chi connectivity index (χ2v) is 5.08. The Morgan fingerprint density at radius 3 is 2.08 bits per heavy atom. The third-order valence-electron chi connectivity index (χ3n) is 0.945. The van der Waals surface area contributed by atoms with Gasteiger partial charge in [0.05, 0.1) is 0 Å². The Morgan fingerprint density at radius 1 is 1.17 bits per heavy atom.